The summed E-state index contributed by atoms with van der Waals surface area (Å²) in [4.78, 5) is 2.44. The third kappa shape index (κ3) is 2.97. The van der Waals surface area contributed by atoms with Crippen LogP contribution in [0.4, 0.5) is 0 Å². The van der Waals surface area contributed by atoms with Crippen molar-refractivity contribution in [3.63, 3.8) is 0 Å². The van der Waals surface area contributed by atoms with Gasteiger partial charge in [-0.15, -0.1) is 0 Å². The van der Waals surface area contributed by atoms with Gasteiger partial charge in [-0.05, 0) is 31.5 Å². The Kier molecular flexibility index (Phi) is 3.85. The summed E-state index contributed by atoms with van der Waals surface area (Å²) < 4.78 is 5.61. The van der Waals surface area contributed by atoms with Crippen LogP contribution in [0.25, 0.3) is 0 Å². The first kappa shape index (κ1) is 11.9. The van der Waals surface area contributed by atoms with Crippen molar-refractivity contribution >= 4 is 11.6 Å². The highest BCUT2D eigenvalue weighted by Gasteiger charge is 2.23. The Morgan fingerprint density at radius 2 is 2.25 bits per heavy atom. The van der Waals surface area contributed by atoms with Crippen molar-refractivity contribution < 1.29 is 4.74 Å². The van der Waals surface area contributed by atoms with Gasteiger partial charge in [-0.3, -0.25) is 4.90 Å². The van der Waals surface area contributed by atoms with E-state index < -0.39 is 0 Å². The van der Waals surface area contributed by atoms with E-state index in [1.165, 1.54) is 5.56 Å². The maximum Gasteiger partial charge on any atom is 0.0674 e. The largest absolute Gasteiger partial charge is 0.376 e. The Morgan fingerprint density at radius 1 is 1.44 bits per heavy atom. The standard InChI is InChI=1S/C13H18ClNO/c1-10-9-16-11(2)7-15(10)8-12-4-3-5-13(14)6-12/h3-6,10-11H,7-9H2,1-2H3/t10-,11+/m1/s1. The summed E-state index contributed by atoms with van der Waals surface area (Å²) in [5.74, 6) is 0. The van der Waals surface area contributed by atoms with Crippen molar-refractivity contribution in [3.05, 3.63) is 34.9 Å². The van der Waals surface area contributed by atoms with Crippen molar-refractivity contribution in [1.29, 1.82) is 0 Å². The van der Waals surface area contributed by atoms with E-state index in [4.69, 9.17) is 16.3 Å². The second-order valence-corrected chi connectivity index (χ2v) is 4.99. The molecule has 0 unspecified atom stereocenters. The van der Waals surface area contributed by atoms with Gasteiger partial charge in [0.25, 0.3) is 0 Å². The highest BCUT2D eigenvalue weighted by Crippen LogP contribution is 2.17. The van der Waals surface area contributed by atoms with Crippen molar-refractivity contribution in [2.45, 2.75) is 32.5 Å². The lowest BCUT2D eigenvalue weighted by atomic mass is 10.1. The van der Waals surface area contributed by atoms with Crippen molar-refractivity contribution in [1.82, 2.24) is 4.90 Å². The van der Waals surface area contributed by atoms with Gasteiger partial charge in [-0.1, -0.05) is 23.7 Å². The third-order valence-electron chi connectivity index (χ3n) is 3.01. The molecule has 0 spiro atoms. The average molecular weight is 240 g/mol. The second kappa shape index (κ2) is 5.17. The molecule has 1 aromatic rings. The molecule has 0 amide bonds. The summed E-state index contributed by atoms with van der Waals surface area (Å²) in [6.45, 7) is 7.10. The Hall–Kier alpha value is -0.570. The van der Waals surface area contributed by atoms with Gasteiger partial charge >= 0.3 is 0 Å². The van der Waals surface area contributed by atoms with E-state index in [-0.39, 0.29) is 0 Å². The molecule has 0 N–H and O–H groups in total. The lowest BCUT2D eigenvalue weighted by Crippen LogP contribution is -2.46. The summed E-state index contributed by atoms with van der Waals surface area (Å²) in [5, 5.41) is 0.812. The van der Waals surface area contributed by atoms with Crippen LogP contribution in [0.2, 0.25) is 5.02 Å². The van der Waals surface area contributed by atoms with Gasteiger partial charge in [-0.2, -0.15) is 0 Å². The molecule has 16 heavy (non-hydrogen) atoms. The maximum absolute atomic E-state index is 5.98. The molecular weight excluding hydrogens is 222 g/mol. The minimum absolute atomic E-state index is 0.329. The Balaban J connectivity index is 2.02. The number of hydrogen-bond acceptors (Lipinski definition) is 2. The molecule has 1 aromatic carbocycles. The fourth-order valence-electron chi connectivity index (χ4n) is 2.06. The van der Waals surface area contributed by atoms with Crippen LogP contribution < -0.4 is 0 Å². The van der Waals surface area contributed by atoms with E-state index in [9.17, 15) is 0 Å². The van der Waals surface area contributed by atoms with Crippen LogP contribution in [-0.4, -0.2) is 30.2 Å². The van der Waals surface area contributed by atoms with Gasteiger partial charge in [0.05, 0.1) is 12.7 Å². The molecule has 88 valence electrons. The number of nitrogens with zero attached hydrogens (tertiary/aromatic N) is 1. The molecule has 0 aromatic heterocycles. The molecular formula is C13H18ClNO. The molecule has 2 nitrogen and oxygen atoms in total. The van der Waals surface area contributed by atoms with Gasteiger partial charge in [0.15, 0.2) is 0 Å². The molecule has 2 atom stereocenters. The van der Waals surface area contributed by atoms with E-state index >= 15 is 0 Å². The van der Waals surface area contributed by atoms with Crippen molar-refractivity contribution in [2.24, 2.45) is 0 Å². The fraction of sp³-hybridized carbons (Fsp3) is 0.538. The summed E-state index contributed by atoms with van der Waals surface area (Å²) in [6.07, 6.45) is 0.329. The van der Waals surface area contributed by atoms with Crippen molar-refractivity contribution in [2.75, 3.05) is 13.2 Å². The molecule has 0 bridgehead atoms. The second-order valence-electron chi connectivity index (χ2n) is 4.55. The summed E-state index contributed by atoms with van der Waals surface area (Å²) in [6, 6.07) is 8.56. The van der Waals surface area contributed by atoms with Crippen LogP contribution in [0.5, 0.6) is 0 Å². The van der Waals surface area contributed by atoms with E-state index in [0.29, 0.717) is 12.1 Å². The molecule has 1 aliphatic heterocycles. The first-order valence-corrected chi connectivity index (χ1v) is 6.13. The Bertz CT molecular complexity index is 356. The van der Waals surface area contributed by atoms with Crippen molar-refractivity contribution in [3.8, 4) is 0 Å². The molecule has 2 rings (SSSR count). The molecule has 0 saturated carbocycles. The van der Waals surface area contributed by atoms with Crippen LogP contribution in [0.3, 0.4) is 0 Å². The van der Waals surface area contributed by atoms with E-state index in [0.717, 1.165) is 24.7 Å². The van der Waals surface area contributed by atoms with Gasteiger partial charge < -0.3 is 4.74 Å². The lowest BCUT2D eigenvalue weighted by Gasteiger charge is -2.36. The van der Waals surface area contributed by atoms with E-state index in [1.807, 2.05) is 18.2 Å². The lowest BCUT2D eigenvalue weighted by molar-refractivity contribution is -0.0526. The maximum atomic E-state index is 5.98. The molecule has 1 saturated heterocycles. The van der Waals surface area contributed by atoms with Crippen LogP contribution in [-0.2, 0) is 11.3 Å². The van der Waals surface area contributed by atoms with Gasteiger partial charge in [0.1, 0.15) is 0 Å². The van der Waals surface area contributed by atoms with Crippen LogP contribution in [0.1, 0.15) is 19.4 Å². The van der Waals surface area contributed by atoms with Crippen LogP contribution >= 0.6 is 11.6 Å². The number of ether oxygens (including phenoxy) is 1. The highest BCUT2D eigenvalue weighted by molar-refractivity contribution is 6.30. The smallest absolute Gasteiger partial charge is 0.0674 e. The average Bonchev–Trinajstić information content (AvgIpc) is 2.24. The first-order chi connectivity index (χ1) is 7.65. The number of benzene rings is 1. The summed E-state index contributed by atoms with van der Waals surface area (Å²) in [5.41, 5.74) is 1.27. The SMILES string of the molecule is C[C@@H]1CO[C@@H](C)CN1Cc1cccc(Cl)c1. The predicted molar refractivity (Wildman–Crippen MR) is 66.7 cm³/mol. The zero-order valence-corrected chi connectivity index (χ0v) is 10.6. The number of rotatable bonds is 2. The minimum Gasteiger partial charge on any atom is -0.376 e. The zero-order chi connectivity index (χ0) is 11.5. The van der Waals surface area contributed by atoms with Crippen LogP contribution in [0, 0.1) is 0 Å². The first-order valence-electron chi connectivity index (χ1n) is 5.75. The molecule has 3 heteroatoms. The van der Waals surface area contributed by atoms with Gasteiger partial charge in [-0.25, -0.2) is 0 Å². The molecule has 1 heterocycles. The Morgan fingerprint density at radius 3 is 3.00 bits per heavy atom. The number of halogens is 1. The summed E-state index contributed by atoms with van der Waals surface area (Å²) >= 11 is 5.98. The molecule has 1 fully saturated rings. The van der Waals surface area contributed by atoms with Gasteiger partial charge in [0.2, 0.25) is 0 Å². The third-order valence-corrected chi connectivity index (χ3v) is 3.25. The molecule has 0 aliphatic carbocycles. The number of hydrogen-bond donors (Lipinski definition) is 0. The van der Waals surface area contributed by atoms with Gasteiger partial charge in [0, 0.05) is 24.2 Å². The molecule has 1 aliphatic rings. The zero-order valence-electron chi connectivity index (χ0n) is 9.82. The monoisotopic (exact) mass is 239 g/mol. The minimum atomic E-state index is 0.329. The van der Waals surface area contributed by atoms with E-state index in [1.54, 1.807) is 0 Å². The Labute approximate surface area is 102 Å². The normalized spacial score (nSPS) is 26.9. The summed E-state index contributed by atoms with van der Waals surface area (Å²) in [7, 11) is 0. The molecule has 0 radical (unpaired) electrons. The topological polar surface area (TPSA) is 12.5 Å². The quantitative estimate of drug-likeness (QED) is 0.787. The van der Waals surface area contributed by atoms with Crippen LogP contribution in [0.15, 0.2) is 24.3 Å². The number of morpholine rings is 1. The van der Waals surface area contributed by atoms with E-state index in [2.05, 4.69) is 24.8 Å². The fourth-order valence-corrected chi connectivity index (χ4v) is 2.27. The predicted octanol–water partition coefficient (Wildman–Crippen LogP) is 2.95. The highest BCUT2D eigenvalue weighted by atomic mass is 35.5.